The average molecular weight is 256 g/mol. The molecule has 4 heteroatoms. The van der Waals surface area contributed by atoms with Crippen LogP contribution in [0.5, 0.6) is 5.75 Å². The lowest BCUT2D eigenvalue weighted by atomic mass is 10.2. The van der Waals surface area contributed by atoms with Crippen LogP contribution in [-0.4, -0.2) is 12.1 Å². The number of hydrogen-bond acceptors (Lipinski definition) is 4. The highest BCUT2D eigenvalue weighted by atomic mass is 32.1. The van der Waals surface area contributed by atoms with Gasteiger partial charge in [-0.05, 0) is 36.4 Å². The standard InChI is InChI=1S/C14H12N2OS/c1-17-11-6-7-13-12(8-11)16-14(18-13)9-2-4-10(15)5-3-9/h2-8H,15H2,1H3. The second-order valence-corrected chi connectivity index (χ2v) is 5.01. The van der Waals surface area contributed by atoms with E-state index in [4.69, 9.17) is 10.5 Å². The molecule has 18 heavy (non-hydrogen) atoms. The Morgan fingerprint density at radius 2 is 1.89 bits per heavy atom. The van der Waals surface area contributed by atoms with E-state index in [0.29, 0.717) is 0 Å². The van der Waals surface area contributed by atoms with Gasteiger partial charge in [-0.3, -0.25) is 0 Å². The third kappa shape index (κ3) is 1.91. The molecule has 0 aliphatic rings. The number of nitrogens with two attached hydrogens (primary N) is 1. The third-order valence-corrected chi connectivity index (χ3v) is 3.84. The predicted molar refractivity (Wildman–Crippen MR) is 76.0 cm³/mol. The molecule has 2 N–H and O–H groups in total. The fourth-order valence-electron chi connectivity index (χ4n) is 1.78. The Morgan fingerprint density at radius 3 is 2.61 bits per heavy atom. The van der Waals surface area contributed by atoms with Gasteiger partial charge in [0.05, 0.1) is 17.3 Å². The van der Waals surface area contributed by atoms with Crippen molar-refractivity contribution in [1.82, 2.24) is 4.98 Å². The molecular formula is C14H12N2OS. The van der Waals surface area contributed by atoms with E-state index in [1.807, 2.05) is 42.5 Å². The number of anilines is 1. The van der Waals surface area contributed by atoms with Crippen molar-refractivity contribution in [2.75, 3.05) is 12.8 Å². The van der Waals surface area contributed by atoms with Gasteiger partial charge in [0.1, 0.15) is 10.8 Å². The zero-order chi connectivity index (χ0) is 12.5. The Balaban J connectivity index is 2.10. The van der Waals surface area contributed by atoms with E-state index in [1.165, 1.54) is 0 Å². The van der Waals surface area contributed by atoms with Crippen LogP contribution in [0.4, 0.5) is 5.69 Å². The van der Waals surface area contributed by atoms with Gasteiger partial charge < -0.3 is 10.5 Å². The maximum atomic E-state index is 5.68. The van der Waals surface area contributed by atoms with Crippen molar-refractivity contribution in [1.29, 1.82) is 0 Å². The third-order valence-electron chi connectivity index (χ3n) is 2.75. The summed E-state index contributed by atoms with van der Waals surface area (Å²) in [5.41, 5.74) is 8.50. The molecule has 90 valence electrons. The Kier molecular flexibility index (Phi) is 2.64. The van der Waals surface area contributed by atoms with E-state index in [0.717, 1.165) is 32.2 Å². The van der Waals surface area contributed by atoms with Gasteiger partial charge in [0.2, 0.25) is 0 Å². The molecule has 0 saturated heterocycles. The maximum Gasteiger partial charge on any atom is 0.124 e. The van der Waals surface area contributed by atoms with E-state index in [-0.39, 0.29) is 0 Å². The highest BCUT2D eigenvalue weighted by molar-refractivity contribution is 7.21. The van der Waals surface area contributed by atoms with Crippen molar-refractivity contribution in [3.05, 3.63) is 42.5 Å². The summed E-state index contributed by atoms with van der Waals surface area (Å²) in [6, 6.07) is 13.7. The summed E-state index contributed by atoms with van der Waals surface area (Å²) in [5, 5.41) is 0.998. The quantitative estimate of drug-likeness (QED) is 0.713. The molecule has 1 aromatic heterocycles. The maximum absolute atomic E-state index is 5.68. The number of fused-ring (bicyclic) bond motifs is 1. The lowest BCUT2D eigenvalue weighted by molar-refractivity contribution is 0.415. The molecule has 0 fully saturated rings. The molecule has 0 aliphatic carbocycles. The molecule has 0 bridgehead atoms. The minimum absolute atomic E-state index is 0.765. The summed E-state index contributed by atoms with van der Waals surface area (Å²) in [7, 11) is 1.66. The number of methoxy groups -OCH3 is 1. The van der Waals surface area contributed by atoms with Crippen molar-refractivity contribution in [2.45, 2.75) is 0 Å². The second kappa shape index (κ2) is 4.31. The molecular weight excluding hydrogens is 244 g/mol. The van der Waals surface area contributed by atoms with Gasteiger partial charge in [-0.25, -0.2) is 4.98 Å². The summed E-state index contributed by atoms with van der Waals surface area (Å²) < 4.78 is 6.36. The lowest BCUT2D eigenvalue weighted by Crippen LogP contribution is -1.83. The van der Waals surface area contributed by atoms with Crippen LogP contribution in [-0.2, 0) is 0 Å². The van der Waals surface area contributed by atoms with Crippen LogP contribution in [0, 0.1) is 0 Å². The summed E-state index contributed by atoms with van der Waals surface area (Å²) in [6.45, 7) is 0. The minimum Gasteiger partial charge on any atom is -0.497 e. The van der Waals surface area contributed by atoms with Gasteiger partial charge in [-0.1, -0.05) is 0 Å². The number of aromatic nitrogens is 1. The van der Waals surface area contributed by atoms with E-state index in [1.54, 1.807) is 18.4 Å². The first kappa shape index (κ1) is 11.0. The summed E-state index contributed by atoms with van der Waals surface area (Å²) in [5.74, 6) is 0.830. The van der Waals surface area contributed by atoms with Gasteiger partial charge in [-0.2, -0.15) is 0 Å². The van der Waals surface area contributed by atoms with E-state index >= 15 is 0 Å². The number of nitrogens with zero attached hydrogens (tertiary/aromatic N) is 1. The molecule has 0 radical (unpaired) electrons. The molecule has 0 spiro atoms. The highest BCUT2D eigenvalue weighted by Crippen LogP contribution is 2.32. The summed E-state index contributed by atoms with van der Waals surface area (Å²) in [6.07, 6.45) is 0. The van der Waals surface area contributed by atoms with Crippen LogP contribution >= 0.6 is 11.3 Å². The first-order valence-electron chi connectivity index (χ1n) is 5.57. The monoisotopic (exact) mass is 256 g/mol. The van der Waals surface area contributed by atoms with Gasteiger partial charge in [0.15, 0.2) is 0 Å². The number of ether oxygens (including phenoxy) is 1. The average Bonchev–Trinajstić information content (AvgIpc) is 2.82. The van der Waals surface area contributed by atoms with Crippen molar-refractivity contribution < 1.29 is 4.74 Å². The first-order valence-corrected chi connectivity index (χ1v) is 6.38. The molecule has 0 saturated carbocycles. The Labute approximate surface area is 109 Å². The van der Waals surface area contributed by atoms with Crippen molar-refractivity contribution in [3.8, 4) is 16.3 Å². The van der Waals surface area contributed by atoms with Crippen LogP contribution in [0.15, 0.2) is 42.5 Å². The second-order valence-electron chi connectivity index (χ2n) is 3.97. The van der Waals surface area contributed by atoms with E-state index in [9.17, 15) is 0 Å². The summed E-state index contributed by atoms with van der Waals surface area (Å²) in [4.78, 5) is 4.62. The van der Waals surface area contributed by atoms with E-state index in [2.05, 4.69) is 4.98 Å². The van der Waals surface area contributed by atoms with Crippen LogP contribution in [0.25, 0.3) is 20.8 Å². The number of rotatable bonds is 2. The Hall–Kier alpha value is -2.07. The molecule has 0 unspecified atom stereocenters. The van der Waals surface area contributed by atoms with Gasteiger partial charge in [0.25, 0.3) is 0 Å². The number of benzene rings is 2. The minimum atomic E-state index is 0.765. The molecule has 0 aliphatic heterocycles. The van der Waals surface area contributed by atoms with E-state index < -0.39 is 0 Å². The van der Waals surface area contributed by atoms with Gasteiger partial charge >= 0.3 is 0 Å². The molecule has 2 aromatic carbocycles. The number of hydrogen-bond donors (Lipinski definition) is 1. The van der Waals surface area contributed by atoms with Crippen molar-refractivity contribution >= 4 is 27.2 Å². The smallest absolute Gasteiger partial charge is 0.124 e. The highest BCUT2D eigenvalue weighted by Gasteiger charge is 2.06. The molecule has 3 nitrogen and oxygen atoms in total. The number of nitrogen functional groups attached to an aromatic ring is 1. The Bertz CT molecular complexity index is 689. The SMILES string of the molecule is COc1ccc2sc(-c3ccc(N)cc3)nc2c1. The van der Waals surface area contributed by atoms with Crippen molar-refractivity contribution in [2.24, 2.45) is 0 Å². The fourth-order valence-corrected chi connectivity index (χ4v) is 2.73. The molecule has 1 heterocycles. The largest absolute Gasteiger partial charge is 0.497 e. The molecule has 0 atom stereocenters. The summed E-state index contributed by atoms with van der Waals surface area (Å²) >= 11 is 1.67. The Morgan fingerprint density at radius 1 is 1.11 bits per heavy atom. The number of thiazole rings is 1. The zero-order valence-corrected chi connectivity index (χ0v) is 10.7. The molecule has 3 aromatic rings. The predicted octanol–water partition coefficient (Wildman–Crippen LogP) is 3.55. The van der Waals surface area contributed by atoms with Crippen LogP contribution in [0.3, 0.4) is 0 Å². The van der Waals surface area contributed by atoms with Crippen molar-refractivity contribution in [3.63, 3.8) is 0 Å². The van der Waals surface area contributed by atoms with Gasteiger partial charge in [0, 0.05) is 17.3 Å². The van der Waals surface area contributed by atoms with Crippen LogP contribution in [0.1, 0.15) is 0 Å². The zero-order valence-electron chi connectivity index (χ0n) is 9.88. The fraction of sp³-hybridized carbons (Fsp3) is 0.0714. The first-order chi connectivity index (χ1) is 8.76. The van der Waals surface area contributed by atoms with Crippen LogP contribution < -0.4 is 10.5 Å². The normalized spacial score (nSPS) is 10.7. The van der Waals surface area contributed by atoms with Crippen LogP contribution in [0.2, 0.25) is 0 Å². The molecule has 0 amide bonds. The lowest BCUT2D eigenvalue weighted by Gasteiger charge is -1.96. The molecule has 3 rings (SSSR count). The van der Waals surface area contributed by atoms with Gasteiger partial charge in [-0.15, -0.1) is 11.3 Å². The topological polar surface area (TPSA) is 48.1 Å².